The summed E-state index contributed by atoms with van der Waals surface area (Å²) in [4.78, 5) is 9.32. The Morgan fingerprint density at radius 2 is 1.50 bits per heavy atom. The summed E-state index contributed by atoms with van der Waals surface area (Å²) in [5, 5.41) is 7.71. The molecular weight excluding hydrogens is 415 g/mol. The number of rotatable bonds is 4. The fourth-order valence-electron chi connectivity index (χ4n) is 0.750. The molecule has 4 heteroatoms. The molecule has 0 bridgehead atoms. The Hall–Kier alpha value is 0.872. The molecule has 2 nitrogen and oxygen atoms in total. The third-order valence-electron chi connectivity index (χ3n) is 1.61. The van der Waals surface area contributed by atoms with Crippen molar-refractivity contribution in [2.75, 3.05) is 5.33 Å². The minimum Gasteiger partial charge on any atom is -0.481 e. The van der Waals surface area contributed by atoms with Gasteiger partial charge in [0.15, 0.2) is 0 Å². The van der Waals surface area contributed by atoms with Gasteiger partial charge in [-0.1, -0.05) is 15.9 Å². The molecule has 0 saturated carbocycles. The van der Waals surface area contributed by atoms with Crippen molar-refractivity contribution in [3.05, 3.63) is 0 Å². The Morgan fingerprint density at radius 1 is 1.25 bits per heavy atom. The van der Waals surface area contributed by atoms with E-state index in [2.05, 4.69) is 36.7 Å². The van der Waals surface area contributed by atoms with E-state index in [4.69, 9.17) is 5.11 Å². The zero-order valence-electron chi connectivity index (χ0n) is 8.06. The molecule has 0 saturated heterocycles. The van der Waals surface area contributed by atoms with Crippen LogP contribution in [0.25, 0.3) is 0 Å². The SMILES string of the molecule is C[CH2][Pb]([CH2]C)[CH2]C.O=C(O)CBr. The van der Waals surface area contributed by atoms with Crippen molar-refractivity contribution in [1.82, 2.24) is 0 Å². The largest absolute Gasteiger partial charge is 0.481 e. The van der Waals surface area contributed by atoms with Gasteiger partial charge in [-0.15, -0.1) is 0 Å². The maximum absolute atomic E-state index is 9.32. The average Bonchev–Trinajstić information content (AvgIpc) is 2.09. The van der Waals surface area contributed by atoms with Crippen LogP contribution in [0.15, 0.2) is 0 Å². The van der Waals surface area contributed by atoms with E-state index in [0.29, 0.717) is 0 Å². The quantitative estimate of drug-likeness (QED) is 0.547. The summed E-state index contributed by atoms with van der Waals surface area (Å²) in [5.74, 6) is -0.829. The van der Waals surface area contributed by atoms with Crippen molar-refractivity contribution in [3.8, 4) is 0 Å². The predicted molar refractivity (Wildman–Crippen MR) is 58.6 cm³/mol. The second-order valence-electron chi connectivity index (χ2n) is 2.34. The monoisotopic (exact) mass is 433 g/mol. The summed E-state index contributed by atoms with van der Waals surface area (Å²) in [6, 6.07) is 0. The van der Waals surface area contributed by atoms with Gasteiger partial charge in [-0.2, -0.15) is 0 Å². The molecule has 0 fully saturated rings. The third-order valence-corrected chi connectivity index (χ3v) is 13.8. The number of carboxylic acid groups (broad SMARTS) is 1. The Kier molecular flexibility index (Phi) is 15.2. The van der Waals surface area contributed by atoms with Gasteiger partial charge in [-0.05, 0) is 0 Å². The molecule has 0 atom stereocenters. The van der Waals surface area contributed by atoms with E-state index in [9.17, 15) is 4.79 Å². The van der Waals surface area contributed by atoms with Crippen LogP contribution in [-0.2, 0) is 4.79 Å². The first kappa shape index (κ1) is 15.3. The summed E-state index contributed by atoms with van der Waals surface area (Å²) in [6.07, 6.45) is 0. The van der Waals surface area contributed by atoms with Crippen LogP contribution in [0.1, 0.15) is 20.8 Å². The van der Waals surface area contributed by atoms with E-state index in [1.54, 1.807) is 11.9 Å². The molecule has 0 aliphatic carbocycles. The summed E-state index contributed by atoms with van der Waals surface area (Å²) in [5.41, 5.74) is 0. The van der Waals surface area contributed by atoms with Gasteiger partial charge in [0.1, 0.15) is 5.33 Å². The smallest absolute Gasteiger partial charge is 0.314 e. The predicted octanol–water partition coefficient (Wildman–Crippen LogP) is 3.01. The molecule has 0 aliphatic heterocycles. The van der Waals surface area contributed by atoms with Gasteiger partial charge in [0.05, 0.1) is 0 Å². The van der Waals surface area contributed by atoms with Gasteiger partial charge in [0.2, 0.25) is 0 Å². The van der Waals surface area contributed by atoms with E-state index in [-0.39, 0.29) is 5.33 Å². The van der Waals surface area contributed by atoms with Gasteiger partial charge < -0.3 is 5.11 Å². The molecule has 0 aromatic heterocycles. The zero-order valence-corrected chi connectivity index (χ0v) is 13.5. The molecule has 1 N–H and O–H groups in total. The first-order chi connectivity index (χ1) is 5.62. The molecule has 0 heterocycles. The van der Waals surface area contributed by atoms with Crippen LogP contribution in [0.4, 0.5) is 0 Å². The van der Waals surface area contributed by atoms with Crippen molar-refractivity contribution in [3.63, 3.8) is 0 Å². The summed E-state index contributed by atoms with van der Waals surface area (Å²) < 4.78 is 4.70. The van der Waals surface area contributed by atoms with Crippen LogP contribution >= 0.6 is 15.9 Å². The maximum Gasteiger partial charge on any atom is 0.314 e. The fraction of sp³-hybridized carbons (Fsp3) is 0.875. The number of halogens is 1. The normalized spacial score (nSPS) is 9.08. The number of hydrogen-bond acceptors (Lipinski definition) is 1. The van der Waals surface area contributed by atoms with Crippen molar-refractivity contribution < 1.29 is 9.90 Å². The Morgan fingerprint density at radius 3 is 1.50 bits per heavy atom. The van der Waals surface area contributed by atoms with Crippen LogP contribution in [0.5, 0.6) is 0 Å². The van der Waals surface area contributed by atoms with E-state index in [1.807, 2.05) is 0 Å². The molecule has 0 amide bonds. The standard InChI is InChI=1S/C2H3BrO2.3C2H5.Pb/c3-1-2(4)5;3*1-2;/h1H2,(H,4,5);3*1H2,2H3;. The molecule has 0 aliphatic rings. The van der Waals surface area contributed by atoms with E-state index >= 15 is 0 Å². The topological polar surface area (TPSA) is 37.3 Å². The fourth-order valence-corrected chi connectivity index (χ4v) is 6.58. The number of carboxylic acids is 1. The molecule has 12 heavy (non-hydrogen) atoms. The Balaban J connectivity index is 0. The molecular formula is C8H18BrO2Pb. The van der Waals surface area contributed by atoms with Crippen LogP contribution < -0.4 is 0 Å². The van der Waals surface area contributed by atoms with E-state index < -0.39 is 28.7 Å². The molecule has 0 unspecified atom stereocenters. The minimum atomic E-state index is -0.829. The maximum atomic E-state index is 9.32. The zero-order chi connectivity index (χ0) is 9.98. The van der Waals surface area contributed by atoms with Gasteiger partial charge >= 0.3 is 61.4 Å². The Labute approximate surface area is 92.0 Å². The molecule has 0 aromatic carbocycles. The molecule has 0 rings (SSSR count). The minimum absolute atomic E-state index is 0.0347. The van der Waals surface area contributed by atoms with Crippen LogP contribution in [0.2, 0.25) is 11.9 Å². The molecule has 0 aromatic rings. The summed E-state index contributed by atoms with van der Waals surface area (Å²) >= 11 is 1.93. The average molecular weight is 433 g/mol. The van der Waals surface area contributed by atoms with Crippen LogP contribution in [0, 0.1) is 0 Å². The van der Waals surface area contributed by atoms with Crippen molar-refractivity contribution >= 4 is 44.6 Å². The molecule has 0 spiro atoms. The third kappa shape index (κ3) is 13.5. The Bertz CT molecular complexity index is 99.7. The van der Waals surface area contributed by atoms with Crippen molar-refractivity contribution in [2.24, 2.45) is 0 Å². The van der Waals surface area contributed by atoms with Gasteiger partial charge in [-0.3, -0.25) is 4.79 Å². The van der Waals surface area contributed by atoms with E-state index in [1.165, 1.54) is 0 Å². The number of carbonyl (C=O) groups is 1. The van der Waals surface area contributed by atoms with E-state index in [0.717, 1.165) is 0 Å². The van der Waals surface area contributed by atoms with Gasteiger partial charge in [-0.25, -0.2) is 0 Å². The second-order valence-corrected chi connectivity index (χ2v) is 17.0. The van der Waals surface area contributed by atoms with Gasteiger partial charge in [0, 0.05) is 0 Å². The second kappa shape index (κ2) is 11.9. The number of aliphatic carboxylic acids is 1. The summed E-state index contributed by atoms with van der Waals surface area (Å²) in [6.45, 7) is 7.07. The van der Waals surface area contributed by atoms with Crippen LogP contribution in [0.3, 0.4) is 0 Å². The first-order valence-corrected chi connectivity index (χ1v) is 13.6. The van der Waals surface area contributed by atoms with Crippen molar-refractivity contribution in [1.29, 1.82) is 0 Å². The number of hydrogen-bond donors (Lipinski definition) is 1. The molecule has 1 radical (unpaired) electrons. The molecule has 73 valence electrons. The van der Waals surface area contributed by atoms with Crippen LogP contribution in [-0.4, -0.2) is 39.1 Å². The number of alkyl halides is 1. The van der Waals surface area contributed by atoms with Gasteiger partial charge in [0.25, 0.3) is 0 Å². The summed E-state index contributed by atoms with van der Waals surface area (Å²) in [7, 11) is 0. The van der Waals surface area contributed by atoms with Crippen molar-refractivity contribution in [2.45, 2.75) is 32.7 Å². The first-order valence-electron chi connectivity index (χ1n) is 4.23.